The Balaban J connectivity index is 1.55. The van der Waals surface area contributed by atoms with Gasteiger partial charge in [0.1, 0.15) is 6.04 Å². The second kappa shape index (κ2) is 6.50. The summed E-state index contributed by atoms with van der Waals surface area (Å²) in [5.74, 6) is 1.36. The fourth-order valence-corrected chi connectivity index (χ4v) is 3.28. The Morgan fingerprint density at radius 3 is 2.56 bits per heavy atom. The maximum atomic E-state index is 5.40. The Morgan fingerprint density at radius 2 is 1.84 bits per heavy atom. The number of aromatic nitrogens is 4. The van der Waals surface area contributed by atoms with Gasteiger partial charge in [0.25, 0.3) is 0 Å². The van der Waals surface area contributed by atoms with Gasteiger partial charge in [0.2, 0.25) is 5.89 Å². The quantitative estimate of drug-likeness (QED) is 0.724. The van der Waals surface area contributed by atoms with Gasteiger partial charge in [-0.25, -0.2) is 9.97 Å². The molecule has 1 aromatic carbocycles. The lowest BCUT2D eigenvalue weighted by Crippen LogP contribution is -2.46. The number of para-hydroxylation sites is 2. The van der Waals surface area contributed by atoms with Crippen LogP contribution in [0.5, 0.6) is 0 Å². The smallest absolute Gasteiger partial charge is 0.245 e. The van der Waals surface area contributed by atoms with Gasteiger partial charge in [-0.3, -0.25) is 9.80 Å². The molecule has 25 heavy (non-hydrogen) atoms. The lowest BCUT2D eigenvalue weighted by Gasteiger charge is -2.37. The van der Waals surface area contributed by atoms with Crippen molar-refractivity contribution in [3.8, 4) is 0 Å². The number of nitrogens with zero attached hydrogens (tertiary/aromatic N) is 6. The summed E-state index contributed by atoms with van der Waals surface area (Å²) in [5.41, 5.74) is 3.91. The number of aryl methyl sites for hydroxylation is 2. The minimum atomic E-state index is 0.115. The summed E-state index contributed by atoms with van der Waals surface area (Å²) in [6.45, 7) is 7.43. The van der Waals surface area contributed by atoms with Crippen LogP contribution < -0.4 is 0 Å². The largest absolute Gasteiger partial charge is 0.338 e. The number of hydrogen-bond acceptors (Lipinski definition) is 7. The fourth-order valence-electron chi connectivity index (χ4n) is 3.28. The predicted octanol–water partition coefficient (Wildman–Crippen LogP) is 2.12. The summed E-state index contributed by atoms with van der Waals surface area (Å²) in [5, 5.41) is 3.93. The number of rotatable bonds is 3. The lowest BCUT2D eigenvalue weighted by molar-refractivity contribution is 0.0706. The van der Waals surface area contributed by atoms with Crippen molar-refractivity contribution < 1.29 is 4.52 Å². The van der Waals surface area contributed by atoms with Crippen LogP contribution in [0.1, 0.15) is 29.1 Å². The van der Waals surface area contributed by atoms with Crippen LogP contribution in [-0.4, -0.2) is 56.6 Å². The van der Waals surface area contributed by atoms with E-state index >= 15 is 0 Å². The van der Waals surface area contributed by atoms with Crippen molar-refractivity contribution in [3.05, 3.63) is 47.4 Å². The molecule has 3 heterocycles. The number of piperazine rings is 1. The molecule has 0 spiro atoms. The molecular formula is C18H22N6O. The highest BCUT2D eigenvalue weighted by atomic mass is 16.5. The maximum Gasteiger partial charge on any atom is 0.245 e. The van der Waals surface area contributed by atoms with Crippen LogP contribution in [0.3, 0.4) is 0 Å². The second-order valence-electron chi connectivity index (χ2n) is 6.66. The highest BCUT2D eigenvalue weighted by molar-refractivity contribution is 5.74. The van der Waals surface area contributed by atoms with Gasteiger partial charge in [-0.2, -0.15) is 4.98 Å². The molecule has 0 aliphatic carbocycles. The van der Waals surface area contributed by atoms with E-state index in [4.69, 9.17) is 14.5 Å². The van der Waals surface area contributed by atoms with Crippen LogP contribution in [0.25, 0.3) is 11.0 Å². The molecular weight excluding hydrogens is 316 g/mol. The van der Waals surface area contributed by atoms with Crippen LogP contribution in [0.2, 0.25) is 0 Å². The first-order chi connectivity index (χ1) is 12.1. The SMILES string of the molecule is Cc1noc([C@@H]2CN(Cc3nc4ccccc4nc3C)CCN2C)n1. The minimum Gasteiger partial charge on any atom is -0.338 e. The average molecular weight is 338 g/mol. The molecule has 0 radical (unpaired) electrons. The molecule has 130 valence electrons. The van der Waals surface area contributed by atoms with Crippen LogP contribution in [0.4, 0.5) is 0 Å². The molecule has 3 aromatic rings. The molecule has 4 rings (SSSR count). The van der Waals surface area contributed by atoms with Crippen LogP contribution in [-0.2, 0) is 6.54 Å². The third-order valence-corrected chi connectivity index (χ3v) is 4.78. The van der Waals surface area contributed by atoms with E-state index in [-0.39, 0.29) is 6.04 Å². The first-order valence-electron chi connectivity index (χ1n) is 8.55. The molecule has 0 amide bonds. The van der Waals surface area contributed by atoms with Gasteiger partial charge in [-0.1, -0.05) is 17.3 Å². The Labute approximate surface area is 146 Å². The van der Waals surface area contributed by atoms with Gasteiger partial charge in [-0.15, -0.1) is 0 Å². The van der Waals surface area contributed by atoms with Gasteiger partial charge in [0, 0.05) is 26.2 Å². The molecule has 1 atom stereocenters. The maximum absolute atomic E-state index is 5.40. The highest BCUT2D eigenvalue weighted by Gasteiger charge is 2.30. The minimum absolute atomic E-state index is 0.115. The lowest BCUT2D eigenvalue weighted by atomic mass is 10.1. The predicted molar refractivity (Wildman–Crippen MR) is 94.0 cm³/mol. The molecule has 1 saturated heterocycles. The molecule has 7 nitrogen and oxygen atoms in total. The van der Waals surface area contributed by atoms with Crippen molar-refractivity contribution in [1.29, 1.82) is 0 Å². The third kappa shape index (κ3) is 3.25. The molecule has 2 aromatic heterocycles. The van der Waals surface area contributed by atoms with E-state index in [9.17, 15) is 0 Å². The summed E-state index contributed by atoms with van der Waals surface area (Å²) >= 11 is 0. The molecule has 1 aliphatic heterocycles. The summed E-state index contributed by atoms with van der Waals surface area (Å²) in [6, 6.07) is 8.12. The second-order valence-corrected chi connectivity index (χ2v) is 6.66. The monoisotopic (exact) mass is 338 g/mol. The van der Waals surface area contributed by atoms with E-state index in [1.54, 1.807) is 0 Å². The summed E-state index contributed by atoms with van der Waals surface area (Å²) in [7, 11) is 2.10. The zero-order valence-electron chi connectivity index (χ0n) is 14.8. The number of benzene rings is 1. The highest BCUT2D eigenvalue weighted by Crippen LogP contribution is 2.24. The number of likely N-dealkylation sites (N-methyl/N-ethyl adjacent to an activating group) is 1. The Kier molecular flexibility index (Phi) is 4.19. The summed E-state index contributed by atoms with van der Waals surface area (Å²) < 4.78 is 5.40. The van der Waals surface area contributed by atoms with Gasteiger partial charge in [0.05, 0.1) is 22.4 Å². The van der Waals surface area contributed by atoms with Gasteiger partial charge >= 0.3 is 0 Å². The standard InChI is InChI=1S/C18H22N6O/c1-12-16(21-15-7-5-4-6-14(15)19-12)10-24-9-8-23(3)17(11-24)18-20-13(2)22-25-18/h4-7,17H,8-11H2,1-3H3/t17-/m0/s1. The van der Waals surface area contributed by atoms with Crippen LogP contribution in [0.15, 0.2) is 28.8 Å². The Hall–Kier alpha value is -2.38. The van der Waals surface area contributed by atoms with Crippen molar-refractivity contribution in [3.63, 3.8) is 0 Å². The Morgan fingerprint density at radius 1 is 1.08 bits per heavy atom. The first kappa shape index (κ1) is 16.1. The van der Waals surface area contributed by atoms with E-state index < -0.39 is 0 Å². The van der Waals surface area contributed by atoms with E-state index in [1.807, 2.05) is 38.1 Å². The zero-order valence-corrected chi connectivity index (χ0v) is 14.8. The van der Waals surface area contributed by atoms with Crippen molar-refractivity contribution >= 4 is 11.0 Å². The molecule has 1 aliphatic rings. The van der Waals surface area contributed by atoms with E-state index in [0.717, 1.165) is 48.6 Å². The van der Waals surface area contributed by atoms with Crippen molar-refractivity contribution in [2.75, 3.05) is 26.7 Å². The summed E-state index contributed by atoms with van der Waals surface area (Å²) in [6.07, 6.45) is 0. The van der Waals surface area contributed by atoms with Crippen LogP contribution >= 0.6 is 0 Å². The molecule has 1 fully saturated rings. The van der Waals surface area contributed by atoms with E-state index in [1.165, 1.54) is 0 Å². The van der Waals surface area contributed by atoms with Crippen LogP contribution in [0, 0.1) is 13.8 Å². The fraction of sp³-hybridized carbons (Fsp3) is 0.444. The van der Waals surface area contributed by atoms with Gasteiger partial charge in [-0.05, 0) is 33.0 Å². The van der Waals surface area contributed by atoms with Gasteiger partial charge in [0.15, 0.2) is 5.82 Å². The first-order valence-corrected chi connectivity index (χ1v) is 8.55. The molecule has 0 N–H and O–H groups in total. The van der Waals surface area contributed by atoms with Crippen molar-refractivity contribution in [2.24, 2.45) is 0 Å². The number of hydrogen-bond donors (Lipinski definition) is 0. The van der Waals surface area contributed by atoms with Gasteiger partial charge < -0.3 is 4.52 Å². The molecule has 0 unspecified atom stereocenters. The zero-order chi connectivity index (χ0) is 17.4. The molecule has 0 saturated carbocycles. The molecule has 0 bridgehead atoms. The average Bonchev–Trinajstić information content (AvgIpc) is 3.03. The summed E-state index contributed by atoms with van der Waals surface area (Å²) in [4.78, 5) is 18.6. The third-order valence-electron chi connectivity index (χ3n) is 4.78. The van der Waals surface area contributed by atoms with E-state index in [2.05, 4.69) is 27.0 Å². The van der Waals surface area contributed by atoms with E-state index in [0.29, 0.717) is 11.7 Å². The topological polar surface area (TPSA) is 71.2 Å². The number of fused-ring (bicyclic) bond motifs is 1. The Bertz CT molecular complexity index is 892. The van der Waals surface area contributed by atoms with Crippen molar-refractivity contribution in [2.45, 2.75) is 26.4 Å². The normalized spacial score (nSPS) is 19.6. The molecule has 7 heteroatoms. The van der Waals surface area contributed by atoms with Crippen molar-refractivity contribution in [1.82, 2.24) is 29.9 Å².